The molecule has 0 spiro atoms. The molecule has 28 heavy (non-hydrogen) atoms. The summed E-state index contributed by atoms with van der Waals surface area (Å²) in [5.74, 6) is 1.51. The summed E-state index contributed by atoms with van der Waals surface area (Å²) in [6, 6.07) is 12.8. The van der Waals surface area contributed by atoms with Crippen LogP contribution in [0.1, 0.15) is 68.3 Å². The van der Waals surface area contributed by atoms with Crippen LogP contribution in [0.2, 0.25) is 0 Å². The van der Waals surface area contributed by atoms with E-state index in [1.54, 1.807) is 0 Å². The molecule has 1 saturated heterocycles. The highest BCUT2D eigenvalue weighted by molar-refractivity contribution is 5.93. The van der Waals surface area contributed by atoms with Gasteiger partial charge in [0.2, 0.25) is 0 Å². The van der Waals surface area contributed by atoms with Crippen LogP contribution in [0.25, 0.3) is 0 Å². The number of aryl methyl sites for hydroxylation is 1. The normalized spacial score (nSPS) is 17.0. The molecule has 150 valence electrons. The molecule has 1 fully saturated rings. The van der Waals surface area contributed by atoms with Crippen molar-refractivity contribution in [3.05, 3.63) is 53.5 Å². The van der Waals surface area contributed by atoms with Crippen LogP contribution in [0, 0.1) is 6.92 Å². The first-order valence-corrected chi connectivity index (χ1v) is 10.5. The molecule has 1 atom stereocenters. The standard InChI is InChI=1S/C23H32N4O/c1-5-20-13-9-10-14-26(20)23(28)21-15-22(25-18(4)24-21)27(17(2)3)16-19-11-7-6-8-12-19/h6-8,11-12,15,17,20H,5,9-10,13-14,16H2,1-4H3. The van der Waals surface area contributed by atoms with E-state index in [0.717, 1.165) is 38.2 Å². The fourth-order valence-corrected chi connectivity index (χ4v) is 3.96. The summed E-state index contributed by atoms with van der Waals surface area (Å²) < 4.78 is 0. The van der Waals surface area contributed by atoms with Crippen LogP contribution < -0.4 is 4.90 Å². The van der Waals surface area contributed by atoms with Crippen molar-refractivity contribution in [3.8, 4) is 0 Å². The first-order valence-electron chi connectivity index (χ1n) is 10.5. The Morgan fingerprint density at radius 2 is 1.96 bits per heavy atom. The number of carbonyl (C=O) groups excluding carboxylic acids is 1. The summed E-state index contributed by atoms with van der Waals surface area (Å²) >= 11 is 0. The SMILES string of the molecule is CCC1CCCCN1C(=O)c1cc(N(Cc2ccccc2)C(C)C)nc(C)n1. The summed E-state index contributed by atoms with van der Waals surface area (Å²) in [7, 11) is 0. The molecule has 1 amide bonds. The quantitative estimate of drug-likeness (QED) is 0.735. The third-order valence-corrected chi connectivity index (χ3v) is 5.52. The Morgan fingerprint density at radius 3 is 2.64 bits per heavy atom. The third kappa shape index (κ3) is 4.70. The molecule has 1 aliphatic rings. The summed E-state index contributed by atoms with van der Waals surface area (Å²) in [6.45, 7) is 9.92. The lowest BCUT2D eigenvalue weighted by Gasteiger charge is -2.35. The second-order valence-electron chi connectivity index (χ2n) is 7.92. The number of piperidine rings is 1. The highest BCUT2D eigenvalue weighted by Gasteiger charge is 2.28. The molecule has 5 heteroatoms. The number of aromatic nitrogens is 2. The number of hydrogen-bond acceptors (Lipinski definition) is 4. The van der Waals surface area contributed by atoms with Crippen molar-refractivity contribution in [3.63, 3.8) is 0 Å². The second kappa shape index (κ2) is 9.18. The molecule has 1 unspecified atom stereocenters. The van der Waals surface area contributed by atoms with E-state index in [1.807, 2.05) is 24.0 Å². The minimum Gasteiger partial charge on any atom is -0.350 e. The first kappa shape index (κ1) is 20.3. The summed E-state index contributed by atoms with van der Waals surface area (Å²) in [5.41, 5.74) is 1.74. The van der Waals surface area contributed by atoms with Gasteiger partial charge in [-0.05, 0) is 52.0 Å². The van der Waals surface area contributed by atoms with E-state index in [1.165, 1.54) is 12.0 Å². The average molecular weight is 381 g/mol. The molecule has 0 saturated carbocycles. The van der Waals surface area contributed by atoms with E-state index < -0.39 is 0 Å². The van der Waals surface area contributed by atoms with Crippen LogP contribution in [-0.4, -0.2) is 39.4 Å². The fraction of sp³-hybridized carbons (Fsp3) is 0.522. The van der Waals surface area contributed by atoms with Crippen molar-refractivity contribution in [2.24, 2.45) is 0 Å². The molecular weight excluding hydrogens is 348 g/mol. The maximum atomic E-state index is 13.2. The average Bonchev–Trinajstić information content (AvgIpc) is 2.71. The third-order valence-electron chi connectivity index (χ3n) is 5.52. The van der Waals surface area contributed by atoms with Crippen LogP contribution in [0.4, 0.5) is 5.82 Å². The molecule has 0 N–H and O–H groups in total. The van der Waals surface area contributed by atoms with Gasteiger partial charge in [0.05, 0.1) is 0 Å². The Hall–Kier alpha value is -2.43. The minimum absolute atomic E-state index is 0.0433. The molecule has 3 rings (SSSR count). The van der Waals surface area contributed by atoms with Gasteiger partial charge in [0.25, 0.3) is 5.91 Å². The number of hydrogen-bond donors (Lipinski definition) is 0. The number of rotatable bonds is 6. The van der Waals surface area contributed by atoms with Gasteiger partial charge in [0.15, 0.2) is 0 Å². The number of anilines is 1. The zero-order chi connectivity index (χ0) is 20.1. The smallest absolute Gasteiger partial charge is 0.272 e. The van der Waals surface area contributed by atoms with E-state index in [0.29, 0.717) is 17.6 Å². The van der Waals surface area contributed by atoms with E-state index in [2.05, 4.69) is 59.9 Å². The molecule has 0 aliphatic carbocycles. The van der Waals surface area contributed by atoms with E-state index >= 15 is 0 Å². The lowest BCUT2D eigenvalue weighted by atomic mass is 9.99. The largest absolute Gasteiger partial charge is 0.350 e. The van der Waals surface area contributed by atoms with Gasteiger partial charge in [-0.15, -0.1) is 0 Å². The summed E-state index contributed by atoms with van der Waals surface area (Å²) in [4.78, 5) is 26.7. The van der Waals surface area contributed by atoms with Gasteiger partial charge in [-0.3, -0.25) is 4.79 Å². The predicted molar refractivity (Wildman–Crippen MR) is 113 cm³/mol. The zero-order valence-electron chi connectivity index (χ0n) is 17.6. The summed E-state index contributed by atoms with van der Waals surface area (Å²) in [5, 5.41) is 0. The minimum atomic E-state index is 0.0433. The second-order valence-corrected chi connectivity index (χ2v) is 7.92. The van der Waals surface area contributed by atoms with Crippen LogP contribution in [0.15, 0.2) is 36.4 Å². The van der Waals surface area contributed by atoms with Crippen molar-refractivity contribution in [1.29, 1.82) is 0 Å². The number of benzene rings is 1. The van der Waals surface area contributed by atoms with Gasteiger partial charge in [-0.1, -0.05) is 37.3 Å². The molecule has 1 aromatic heterocycles. The van der Waals surface area contributed by atoms with Crippen LogP contribution in [0.5, 0.6) is 0 Å². The van der Waals surface area contributed by atoms with Crippen LogP contribution >= 0.6 is 0 Å². The maximum absolute atomic E-state index is 13.2. The predicted octanol–water partition coefficient (Wildman–Crippen LogP) is 4.60. The maximum Gasteiger partial charge on any atom is 0.272 e. The van der Waals surface area contributed by atoms with Gasteiger partial charge in [-0.25, -0.2) is 9.97 Å². The monoisotopic (exact) mass is 380 g/mol. The Bertz CT molecular complexity index is 790. The van der Waals surface area contributed by atoms with Crippen LogP contribution in [-0.2, 0) is 6.54 Å². The van der Waals surface area contributed by atoms with Gasteiger partial charge in [0, 0.05) is 31.2 Å². The number of amides is 1. The molecule has 1 aromatic carbocycles. The van der Waals surface area contributed by atoms with Gasteiger partial charge < -0.3 is 9.80 Å². The lowest BCUT2D eigenvalue weighted by Crippen LogP contribution is -2.43. The molecule has 2 heterocycles. The molecule has 1 aliphatic heterocycles. The molecule has 5 nitrogen and oxygen atoms in total. The topological polar surface area (TPSA) is 49.3 Å². The van der Waals surface area contributed by atoms with Crippen LogP contribution in [0.3, 0.4) is 0 Å². The van der Waals surface area contributed by atoms with Gasteiger partial charge in [-0.2, -0.15) is 0 Å². The van der Waals surface area contributed by atoms with Crippen molar-refractivity contribution in [2.45, 2.75) is 72.0 Å². The van der Waals surface area contributed by atoms with Gasteiger partial charge >= 0.3 is 0 Å². The highest BCUT2D eigenvalue weighted by Crippen LogP contribution is 2.24. The van der Waals surface area contributed by atoms with Gasteiger partial charge in [0.1, 0.15) is 17.3 Å². The molecule has 0 radical (unpaired) electrons. The highest BCUT2D eigenvalue weighted by atomic mass is 16.2. The summed E-state index contributed by atoms with van der Waals surface area (Å²) in [6.07, 6.45) is 4.36. The van der Waals surface area contributed by atoms with E-state index in [4.69, 9.17) is 0 Å². The van der Waals surface area contributed by atoms with E-state index in [-0.39, 0.29) is 11.9 Å². The van der Waals surface area contributed by atoms with Crippen molar-refractivity contribution < 1.29 is 4.79 Å². The fourth-order valence-electron chi connectivity index (χ4n) is 3.96. The Morgan fingerprint density at radius 1 is 1.21 bits per heavy atom. The Kier molecular flexibility index (Phi) is 6.65. The molecule has 2 aromatic rings. The zero-order valence-corrected chi connectivity index (χ0v) is 17.6. The Labute approximate surface area is 168 Å². The van der Waals surface area contributed by atoms with Crippen molar-refractivity contribution >= 4 is 11.7 Å². The first-order chi connectivity index (χ1) is 13.5. The number of likely N-dealkylation sites (tertiary alicyclic amines) is 1. The molecular formula is C23H32N4O. The Balaban J connectivity index is 1.89. The van der Waals surface area contributed by atoms with Crippen molar-refractivity contribution in [2.75, 3.05) is 11.4 Å². The lowest BCUT2D eigenvalue weighted by molar-refractivity contribution is 0.0601. The molecule has 0 bridgehead atoms. The van der Waals surface area contributed by atoms with Crippen molar-refractivity contribution in [1.82, 2.24) is 14.9 Å². The number of nitrogens with zero attached hydrogens (tertiary/aromatic N) is 4. The van der Waals surface area contributed by atoms with E-state index in [9.17, 15) is 4.79 Å². The number of carbonyl (C=O) groups is 1.